The fourth-order valence-electron chi connectivity index (χ4n) is 2.98. The number of anilines is 1. The van der Waals surface area contributed by atoms with E-state index in [-0.39, 0.29) is 6.03 Å². The van der Waals surface area contributed by atoms with Crippen molar-refractivity contribution < 1.29 is 9.90 Å². The van der Waals surface area contributed by atoms with Gasteiger partial charge in [-0.25, -0.2) is 4.79 Å². The highest BCUT2D eigenvalue weighted by atomic mass is 35.5. The molecule has 0 spiro atoms. The Kier molecular flexibility index (Phi) is 5.07. The van der Waals surface area contributed by atoms with Crippen molar-refractivity contribution in [1.29, 1.82) is 0 Å². The number of carbonyl (C=O) groups is 1. The number of amides is 2. The van der Waals surface area contributed by atoms with Crippen molar-refractivity contribution in [2.75, 3.05) is 18.4 Å². The Bertz CT molecular complexity index is 748. The quantitative estimate of drug-likeness (QED) is 0.853. The van der Waals surface area contributed by atoms with E-state index >= 15 is 0 Å². The molecule has 0 radical (unpaired) electrons. The molecule has 2 aromatic rings. The molecule has 3 rings (SSSR count). The number of hydrogen-bond donors (Lipinski definition) is 2. The van der Waals surface area contributed by atoms with Gasteiger partial charge in [-0.15, -0.1) is 0 Å². The summed E-state index contributed by atoms with van der Waals surface area (Å²) in [5.74, 6) is 0. The van der Waals surface area contributed by atoms with Crippen LogP contribution in [0.4, 0.5) is 10.5 Å². The second-order valence-corrected chi connectivity index (χ2v) is 6.65. The Labute approximate surface area is 147 Å². The molecule has 2 amide bonds. The molecule has 24 heavy (non-hydrogen) atoms. The highest BCUT2D eigenvalue weighted by Gasteiger charge is 2.22. The molecule has 1 saturated heterocycles. The number of nitrogens with zero attached hydrogens (tertiary/aromatic N) is 1. The molecule has 2 aromatic carbocycles. The molecule has 0 aliphatic carbocycles. The first-order chi connectivity index (χ1) is 11.5. The predicted octanol–water partition coefficient (Wildman–Crippen LogP) is 4.30. The SMILES string of the molecule is Cc1cc(-c2cccc(Cl)c2)ccc1NC(=O)N1CCCC(O)C1. The number of aryl methyl sites for hydroxylation is 1. The van der Waals surface area contributed by atoms with Crippen molar-refractivity contribution in [3.63, 3.8) is 0 Å². The van der Waals surface area contributed by atoms with Gasteiger partial charge in [-0.1, -0.05) is 29.8 Å². The normalized spacial score (nSPS) is 17.6. The first kappa shape index (κ1) is 16.8. The van der Waals surface area contributed by atoms with Crippen LogP contribution in [0.5, 0.6) is 0 Å². The average Bonchev–Trinajstić information content (AvgIpc) is 2.56. The van der Waals surface area contributed by atoms with Gasteiger partial charge in [0.05, 0.1) is 6.10 Å². The Hall–Kier alpha value is -2.04. The molecule has 1 unspecified atom stereocenters. The maximum atomic E-state index is 12.4. The van der Waals surface area contributed by atoms with Gasteiger partial charge < -0.3 is 15.3 Å². The number of aliphatic hydroxyl groups is 1. The summed E-state index contributed by atoms with van der Waals surface area (Å²) in [5.41, 5.74) is 3.87. The molecule has 1 heterocycles. The van der Waals surface area contributed by atoms with E-state index in [1.807, 2.05) is 49.4 Å². The van der Waals surface area contributed by atoms with Crippen LogP contribution in [0, 0.1) is 6.92 Å². The monoisotopic (exact) mass is 344 g/mol. The number of rotatable bonds is 2. The minimum absolute atomic E-state index is 0.160. The van der Waals surface area contributed by atoms with E-state index in [4.69, 9.17) is 11.6 Å². The summed E-state index contributed by atoms with van der Waals surface area (Å²) >= 11 is 6.05. The van der Waals surface area contributed by atoms with Crippen LogP contribution >= 0.6 is 11.6 Å². The second-order valence-electron chi connectivity index (χ2n) is 6.21. The van der Waals surface area contributed by atoms with Gasteiger partial charge in [0, 0.05) is 23.8 Å². The van der Waals surface area contributed by atoms with Gasteiger partial charge in [0.1, 0.15) is 0 Å². The van der Waals surface area contributed by atoms with E-state index < -0.39 is 6.10 Å². The zero-order chi connectivity index (χ0) is 17.1. The van der Waals surface area contributed by atoms with Crippen molar-refractivity contribution in [2.24, 2.45) is 0 Å². The number of benzene rings is 2. The summed E-state index contributed by atoms with van der Waals surface area (Å²) in [7, 11) is 0. The van der Waals surface area contributed by atoms with Gasteiger partial charge in [0.25, 0.3) is 0 Å². The lowest BCUT2D eigenvalue weighted by atomic mass is 10.0. The molecule has 2 N–H and O–H groups in total. The van der Waals surface area contributed by atoms with E-state index in [0.29, 0.717) is 18.1 Å². The van der Waals surface area contributed by atoms with Crippen LogP contribution < -0.4 is 5.32 Å². The number of piperidine rings is 1. The number of hydrogen-bond acceptors (Lipinski definition) is 2. The van der Waals surface area contributed by atoms with Gasteiger partial charge in [-0.2, -0.15) is 0 Å². The standard InChI is InChI=1S/C19H21ClN2O2/c1-13-10-15(14-4-2-5-16(20)11-14)7-8-18(13)21-19(24)22-9-3-6-17(23)12-22/h2,4-5,7-8,10-11,17,23H,3,6,9,12H2,1H3,(H,21,24). The van der Waals surface area contributed by atoms with Crippen molar-refractivity contribution in [1.82, 2.24) is 4.90 Å². The largest absolute Gasteiger partial charge is 0.391 e. The molecule has 5 heteroatoms. The second kappa shape index (κ2) is 7.24. The molecular weight excluding hydrogens is 324 g/mol. The van der Waals surface area contributed by atoms with E-state index in [2.05, 4.69) is 5.32 Å². The Morgan fingerprint density at radius 1 is 1.25 bits per heavy atom. The van der Waals surface area contributed by atoms with E-state index in [1.165, 1.54) is 0 Å². The molecule has 4 nitrogen and oxygen atoms in total. The lowest BCUT2D eigenvalue weighted by Gasteiger charge is -2.30. The molecule has 1 aliphatic rings. The molecule has 1 fully saturated rings. The van der Waals surface area contributed by atoms with E-state index in [9.17, 15) is 9.90 Å². The third-order valence-corrected chi connectivity index (χ3v) is 4.54. The minimum Gasteiger partial charge on any atom is -0.391 e. The van der Waals surface area contributed by atoms with Gasteiger partial charge in [-0.05, 0) is 60.7 Å². The number of β-amino-alcohol motifs (C(OH)–C–C–N with tert-alkyl or cyclic N) is 1. The third kappa shape index (κ3) is 3.89. The van der Waals surface area contributed by atoms with E-state index in [0.717, 1.165) is 35.2 Å². The van der Waals surface area contributed by atoms with E-state index in [1.54, 1.807) is 4.90 Å². The zero-order valence-corrected chi connectivity index (χ0v) is 14.4. The molecule has 0 saturated carbocycles. The maximum absolute atomic E-state index is 12.4. The van der Waals surface area contributed by atoms with Crippen molar-refractivity contribution in [3.8, 4) is 11.1 Å². The molecule has 1 aliphatic heterocycles. The van der Waals surface area contributed by atoms with Crippen LogP contribution in [0.3, 0.4) is 0 Å². The van der Waals surface area contributed by atoms with Crippen LogP contribution in [0.1, 0.15) is 18.4 Å². The summed E-state index contributed by atoms with van der Waals surface area (Å²) in [6, 6.07) is 13.4. The first-order valence-electron chi connectivity index (χ1n) is 8.13. The van der Waals surface area contributed by atoms with Crippen molar-refractivity contribution in [3.05, 3.63) is 53.1 Å². The summed E-state index contributed by atoms with van der Waals surface area (Å²) in [5, 5.41) is 13.3. The average molecular weight is 345 g/mol. The summed E-state index contributed by atoms with van der Waals surface area (Å²) in [6.45, 7) is 3.04. The van der Waals surface area contributed by atoms with Crippen LogP contribution in [-0.2, 0) is 0 Å². The fourth-order valence-corrected chi connectivity index (χ4v) is 3.18. The highest BCUT2D eigenvalue weighted by molar-refractivity contribution is 6.30. The van der Waals surface area contributed by atoms with Crippen LogP contribution in [0.2, 0.25) is 5.02 Å². The number of carbonyl (C=O) groups excluding carboxylic acids is 1. The topological polar surface area (TPSA) is 52.6 Å². The number of aliphatic hydroxyl groups excluding tert-OH is 1. The predicted molar refractivity (Wildman–Crippen MR) is 97.5 cm³/mol. The van der Waals surface area contributed by atoms with Crippen molar-refractivity contribution >= 4 is 23.3 Å². The van der Waals surface area contributed by atoms with Gasteiger partial charge in [-0.3, -0.25) is 0 Å². The molecule has 1 atom stereocenters. The fraction of sp³-hybridized carbons (Fsp3) is 0.316. The lowest BCUT2D eigenvalue weighted by Crippen LogP contribution is -2.44. The summed E-state index contributed by atoms with van der Waals surface area (Å²) < 4.78 is 0. The Balaban J connectivity index is 1.74. The first-order valence-corrected chi connectivity index (χ1v) is 8.51. The van der Waals surface area contributed by atoms with Gasteiger partial charge in [0.2, 0.25) is 0 Å². The minimum atomic E-state index is -0.421. The Morgan fingerprint density at radius 3 is 2.75 bits per heavy atom. The molecule has 0 aromatic heterocycles. The number of urea groups is 1. The molecule has 126 valence electrons. The molecular formula is C19H21ClN2O2. The van der Waals surface area contributed by atoms with Crippen LogP contribution in [0.25, 0.3) is 11.1 Å². The maximum Gasteiger partial charge on any atom is 0.321 e. The summed E-state index contributed by atoms with van der Waals surface area (Å²) in [6.07, 6.45) is 1.18. The zero-order valence-electron chi connectivity index (χ0n) is 13.6. The van der Waals surface area contributed by atoms with Crippen LogP contribution in [-0.4, -0.2) is 35.2 Å². The highest BCUT2D eigenvalue weighted by Crippen LogP contribution is 2.27. The number of nitrogens with one attached hydrogen (secondary N) is 1. The van der Waals surface area contributed by atoms with Gasteiger partial charge in [0.15, 0.2) is 0 Å². The van der Waals surface area contributed by atoms with Gasteiger partial charge >= 0.3 is 6.03 Å². The van der Waals surface area contributed by atoms with Crippen molar-refractivity contribution in [2.45, 2.75) is 25.9 Å². The Morgan fingerprint density at radius 2 is 2.04 bits per heavy atom. The lowest BCUT2D eigenvalue weighted by molar-refractivity contribution is 0.0883. The third-order valence-electron chi connectivity index (χ3n) is 4.31. The number of halogens is 1. The number of likely N-dealkylation sites (tertiary alicyclic amines) is 1. The van der Waals surface area contributed by atoms with Crippen LogP contribution in [0.15, 0.2) is 42.5 Å². The summed E-state index contributed by atoms with van der Waals surface area (Å²) in [4.78, 5) is 14.0. The molecule has 0 bridgehead atoms. The smallest absolute Gasteiger partial charge is 0.321 e.